The minimum absolute atomic E-state index is 0.000144. The maximum Gasteiger partial charge on any atom is 0.416 e. The van der Waals surface area contributed by atoms with Gasteiger partial charge >= 0.3 is 6.18 Å². The minimum Gasteiger partial charge on any atom is -0.370 e. The van der Waals surface area contributed by atoms with Crippen LogP contribution in [0.5, 0.6) is 0 Å². The second kappa shape index (κ2) is 8.17. The fourth-order valence-electron chi connectivity index (χ4n) is 3.11. The van der Waals surface area contributed by atoms with E-state index in [0.29, 0.717) is 16.4 Å². The zero-order valence-electron chi connectivity index (χ0n) is 14.5. The number of hydrogen-bond donors (Lipinski definition) is 1. The van der Waals surface area contributed by atoms with E-state index in [2.05, 4.69) is 10.3 Å². The van der Waals surface area contributed by atoms with Crippen LogP contribution < -0.4 is 10.2 Å². The SMILES string of the molecule is O=C(Cc1ccc(Cl)nc1)Nc1cc(C(F)(F)F)ccc1N1CCCCC1. The summed E-state index contributed by atoms with van der Waals surface area (Å²) in [6.07, 6.45) is 0.0531. The smallest absolute Gasteiger partial charge is 0.370 e. The second-order valence-corrected chi connectivity index (χ2v) is 6.88. The highest BCUT2D eigenvalue weighted by atomic mass is 35.5. The van der Waals surface area contributed by atoms with E-state index >= 15 is 0 Å². The van der Waals surface area contributed by atoms with E-state index < -0.39 is 17.6 Å². The molecule has 1 N–H and O–H groups in total. The molecule has 0 bridgehead atoms. The van der Waals surface area contributed by atoms with Gasteiger partial charge in [0.25, 0.3) is 0 Å². The highest BCUT2D eigenvalue weighted by Crippen LogP contribution is 2.36. The molecule has 1 fully saturated rings. The molecule has 0 radical (unpaired) electrons. The molecule has 1 amide bonds. The molecule has 0 atom stereocenters. The van der Waals surface area contributed by atoms with Crippen LogP contribution >= 0.6 is 11.6 Å². The largest absolute Gasteiger partial charge is 0.416 e. The van der Waals surface area contributed by atoms with E-state index in [1.54, 1.807) is 12.1 Å². The van der Waals surface area contributed by atoms with E-state index in [0.717, 1.165) is 44.5 Å². The van der Waals surface area contributed by atoms with Gasteiger partial charge in [0, 0.05) is 19.3 Å². The zero-order valence-corrected chi connectivity index (χ0v) is 15.3. The first kappa shape index (κ1) is 19.5. The van der Waals surface area contributed by atoms with Crippen molar-refractivity contribution in [3.05, 3.63) is 52.8 Å². The number of alkyl halides is 3. The number of benzene rings is 1. The van der Waals surface area contributed by atoms with Crippen LogP contribution in [0.2, 0.25) is 5.15 Å². The van der Waals surface area contributed by atoms with Crippen molar-refractivity contribution < 1.29 is 18.0 Å². The van der Waals surface area contributed by atoms with Gasteiger partial charge < -0.3 is 10.2 Å². The van der Waals surface area contributed by atoms with E-state index in [-0.39, 0.29) is 12.1 Å². The molecule has 1 saturated heterocycles. The minimum atomic E-state index is -4.47. The Bertz CT molecular complexity index is 803. The Hall–Kier alpha value is -2.28. The van der Waals surface area contributed by atoms with E-state index in [4.69, 9.17) is 11.6 Å². The van der Waals surface area contributed by atoms with E-state index in [9.17, 15) is 18.0 Å². The number of rotatable bonds is 4. The Morgan fingerprint density at radius 2 is 1.89 bits per heavy atom. The third-order valence-electron chi connectivity index (χ3n) is 4.45. The summed E-state index contributed by atoms with van der Waals surface area (Å²) in [4.78, 5) is 18.3. The molecule has 1 aliphatic rings. The lowest BCUT2D eigenvalue weighted by molar-refractivity contribution is -0.137. The molecule has 4 nitrogen and oxygen atoms in total. The van der Waals surface area contributed by atoms with Gasteiger partial charge in [-0.25, -0.2) is 4.98 Å². The van der Waals surface area contributed by atoms with Crippen molar-refractivity contribution in [3.8, 4) is 0 Å². The number of pyridine rings is 1. The molecular formula is C19H19ClF3N3O. The summed E-state index contributed by atoms with van der Waals surface area (Å²) in [6.45, 7) is 1.52. The Morgan fingerprint density at radius 3 is 2.52 bits per heavy atom. The predicted molar refractivity (Wildman–Crippen MR) is 99.1 cm³/mol. The number of carbonyl (C=O) groups excluding carboxylic acids is 1. The molecule has 3 rings (SSSR count). The summed E-state index contributed by atoms with van der Waals surface area (Å²) in [7, 11) is 0. The maximum absolute atomic E-state index is 13.1. The maximum atomic E-state index is 13.1. The quantitative estimate of drug-likeness (QED) is 0.744. The summed E-state index contributed by atoms with van der Waals surface area (Å²) in [5.41, 5.74) is 0.638. The van der Waals surface area contributed by atoms with Crippen LogP contribution in [0.1, 0.15) is 30.4 Å². The number of halogens is 4. The van der Waals surface area contributed by atoms with Gasteiger partial charge in [0.15, 0.2) is 0 Å². The topological polar surface area (TPSA) is 45.2 Å². The van der Waals surface area contributed by atoms with Crippen molar-refractivity contribution in [1.29, 1.82) is 0 Å². The van der Waals surface area contributed by atoms with Crippen LogP contribution in [-0.4, -0.2) is 24.0 Å². The average Bonchev–Trinajstić information content (AvgIpc) is 2.63. The number of nitrogens with one attached hydrogen (secondary N) is 1. The monoisotopic (exact) mass is 397 g/mol. The second-order valence-electron chi connectivity index (χ2n) is 6.49. The van der Waals surface area contributed by atoms with Gasteiger partial charge in [0.1, 0.15) is 5.15 Å². The molecule has 0 saturated carbocycles. The van der Waals surface area contributed by atoms with Crippen LogP contribution in [0.25, 0.3) is 0 Å². The Balaban J connectivity index is 1.83. The highest BCUT2D eigenvalue weighted by Gasteiger charge is 2.31. The molecule has 0 spiro atoms. The fraction of sp³-hybridized carbons (Fsp3) is 0.368. The van der Waals surface area contributed by atoms with Gasteiger partial charge in [-0.3, -0.25) is 4.79 Å². The number of carbonyl (C=O) groups is 1. The van der Waals surface area contributed by atoms with Crippen LogP contribution in [0.15, 0.2) is 36.5 Å². The first-order chi connectivity index (χ1) is 12.8. The number of amides is 1. The number of aromatic nitrogens is 1. The fourth-order valence-corrected chi connectivity index (χ4v) is 3.23. The van der Waals surface area contributed by atoms with Crippen molar-refractivity contribution in [2.24, 2.45) is 0 Å². The molecule has 1 aromatic carbocycles. The van der Waals surface area contributed by atoms with Crippen LogP contribution in [0.3, 0.4) is 0 Å². The molecule has 8 heteroatoms. The van der Waals surface area contributed by atoms with Gasteiger partial charge in [-0.2, -0.15) is 13.2 Å². The summed E-state index contributed by atoms with van der Waals surface area (Å²) in [6, 6.07) is 6.72. The lowest BCUT2D eigenvalue weighted by atomic mass is 10.1. The zero-order chi connectivity index (χ0) is 19.4. The van der Waals surface area contributed by atoms with Crippen molar-refractivity contribution in [2.45, 2.75) is 31.9 Å². The van der Waals surface area contributed by atoms with Crippen LogP contribution in [0, 0.1) is 0 Å². The molecule has 1 aromatic heterocycles. The number of hydrogen-bond acceptors (Lipinski definition) is 3. The highest BCUT2D eigenvalue weighted by molar-refractivity contribution is 6.29. The van der Waals surface area contributed by atoms with E-state index in [1.165, 1.54) is 12.3 Å². The van der Waals surface area contributed by atoms with Crippen LogP contribution in [0.4, 0.5) is 24.5 Å². The van der Waals surface area contributed by atoms with Gasteiger partial charge in [-0.15, -0.1) is 0 Å². The number of piperidine rings is 1. The van der Waals surface area contributed by atoms with Crippen LogP contribution in [-0.2, 0) is 17.4 Å². The van der Waals surface area contributed by atoms with Crippen molar-refractivity contribution in [3.63, 3.8) is 0 Å². The van der Waals surface area contributed by atoms with Crippen molar-refractivity contribution in [2.75, 3.05) is 23.3 Å². The Kier molecular flexibility index (Phi) is 5.89. The lowest BCUT2D eigenvalue weighted by Gasteiger charge is -2.31. The summed E-state index contributed by atoms with van der Waals surface area (Å²) >= 11 is 5.72. The van der Waals surface area contributed by atoms with Gasteiger partial charge in [0.05, 0.1) is 23.4 Å². The van der Waals surface area contributed by atoms with E-state index in [1.807, 2.05) is 4.90 Å². The first-order valence-electron chi connectivity index (χ1n) is 8.69. The molecule has 0 aliphatic carbocycles. The van der Waals surface area contributed by atoms with Gasteiger partial charge in [0.2, 0.25) is 5.91 Å². The molecule has 2 aromatic rings. The first-order valence-corrected chi connectivity index (χ1v) is 9.07. The molecule has 2 heterocycles. The summed E-state index contributed by atoms with van der Waals surface area (Å²) in [5, 5.41) is 2.95. The molecule has 144 valence electrons. The van der Waals surface area contributed by atoms with Crippen molar-refractivity contribution in [1.82, 2.24) is 4.98 Å². The molecule has 27 heavy (non-hydrogen) atoms. The van der Waals surface area contributed by atoms with Gasteiger partial charge in [-0.05, 0) is 49.1 Å². The standard InChI is InChI=1S/C19H19ClF3N3O/c20-17-7-4-13(12-24-17)10-18(27)25-15-11-14(19(21,22)23)5-6-16(15)26-8-2-1-3-9-26/h4-7,11-12H,1-3,8-10H2,(H,25,27). The predicted octanol–water partition coefficient (Wildman–Crippen LogP) is 4.93. The number of anilines is 2. The lowest BCUT2D eigenvalue weighted by Crippen LogP contribution is -2.30. The Labute approximate surface area is 160 Å². The third kappa shape index (κ3) is 5.13. The van der Waals surface area contributed by atoms with Gasteiger partial charge in [-0.1, -0.05) is 17.7 Å². The summed E-state index contributed by atoms with van der Waals surface area (Å²) < 4.78 is 39.4. The molecule has 0 unspecified atom stereocenters. The third-order valence-corrected chi connectivity index (χ3v) is 4.67. The Morgan fingerprint density at radius 1 is 1.15 bits per heavy atom. The normalized spacial score (nSPS) is 14.9. The summed E-state index contributed by atoms with van der Waals surface area (Å²) in [5.74, 6) is -0.406. The molecule has 1 aliphatic heterocycles. The molecular weight excluding hydrogens is 379 g/mol. The van der Waals surface area contributed by atoms with Crippen molar-refractivity contribution >= 4 is 28.9 Å². The average molecular weight is 398 g/mol. The number of nitrogens with zero attached hydrogens (tertiary/aromatic N) is 2.